The smallest absolute Gasteiger partial charge is 0.251 e. The highest BCUT2D eigenvalue weighted by Gasteiger charge is 2.10. The van der Waals surface area contributed by atoms with Gasteiger partial charge in [-0.2, -0.15) is 0 Å². The van der Waals surface area contributed by atoms with Crippen LogP contribution in [0.4, 0.5) is 17.1 Å². The summed E-state index contributed by atoms with van der Waals surface area (Å²) in [6.45, 7) is 2.64. The fourth-order valence-corrected chi connectivity index (χ4v) is 2.22. The van der Waals surface area contributed by atoms with E-state index in [-0.39, 0.29) is 5.91 Å². The molecule has 4 N–H and O–H groups in total. The van der Waals surface area contributed by atoms with E-state index in [0.29, 0.717) is 35.0 Å². The summed E-state index contributed by atoms with van der Waals surface area (Å²) in [7, 11) is 3.20. The molecule has 0 aromatic heterocycles. The number of nitrogens with one attached hydrogen (secondary N) is 2. The van der Waals surface area contributed by atoms with Crippen LogP contribution in [0.3, 0.4) is 0 Å². The van der Waals surface area contributed by atoms with Crippen LogP contribution in [0.5, 0.6) is 11.5 Å². The van der Waals surface area contributed by atoms with Crippen LogP contribution in [0, 0.1) is 0 Å². The van der Waals surface area contributed by atoms with Gasteiger partial charge in [-0.25, -0.2) is 0 Å². The summed E-state index contributed by atoms with van der Waals surface area (Å²) >= 11 is 0. The number of carbonyl (C=O) groups excluding carboxylic acids is 1. The van der Waals surface area contributed by atoms with Crippen molar-refractivity contribution in [1.82, 2.24) is 5.32 Å². The Balaban J connectivity index is 2.23. The Morgan fingerprint density at radius 3 is 2.50 bits per heavy atom. The minimum Gasteiger partial charge on any atom is -0.497 e. The number of ether oxygens (including phenoxy) is 2. The first kappa shape index (κ1) is 17.5. The van der Waals surface area contributed by atoms with Crippen molar-refractivity contribution in [2.75, 3.05) is 31.8 Å². The third kappa shape index (κ3) is 4.10. The van der Waals surface area contributed by atoms with Gasteiger partial charge in [0, 0.05) is 18.2 Å². The molecule has 6 nitrogen and oxygen atoms in total. The summed E-state index contributed by atoms with van der Waals surface area (Å²) in [6.07, 6.45) is 0.885. The first-order chi connectivity index (χ1) is 11.6. The number of nitrogens with two attached hydrogens (primary N) is 1. The fourth-order valence-electron chi connectivity index (χ4n) is 2.22. The number of rotatable bonds is 7. The quantitative estimate of drug-likeness (QED) is 0.679. The van der Waals surface area contributed by atoms with Crippen molar-refractivity contribution in [2.45, 2.75) is 13.3 Å². The highest BCUT2D eigenvalue weighted by atomic mass is 16.5. The number of nitrogen functional groups attached to an aromatic ring is 1. The molecular weight excluding hydrogens is 306 g/mol. The van der Waals surface area contributed by atoms with Gasteiger partial charge in [0.25, 0.3) is 5.91 Å². The van der Waals surface area contributed by atoms with Crippen LogP contribution in [0.25, 0.3) is 0 Å². The minimum atomic E-state index is -0.130. The van der Waals surface area contributed by atoms with E-state index in [2.05, 4.69) is 10.6 Å². The average Bonchev–Trinajstić information content (AvgIpc) is 2.61. The third-order valence-electron chi connectivity index (χ3n) is 3.53. The zero-order chi connectivity index (χ0) is 17.5. The molecule has 2 rings (SSSR count). The second-order valence-corrected chi connectivity index (χ2v) is 5.25. The van der Waals surface area contributed by atoms with Crippen LogP contribution in [0.15, 0.2) is 36.4 Å². The van der Waals surface area contributed by atoms with Gasteiger partial charge in [-0.05, 0) is 36.8 Å². The SMILES string of the molecule is CCCNC(=O)c1ccc(Nc2cc(OC)ccc2OC)c(N)c1. The number of hydrogen-bond donors (Lipinski definition) is 3. The van der Waals surface area contributed by atoms with Crippen LogP contribution < -0.4 is 25.8 Å². The van der Waals surface area contributed by atoms with Crippen molar-refractivity contribution in [2.24, 2.45) is 0 Å². The van der Waals surface area contributed by atoms with Gasteiger partial charge in [0.05, 0.1) is 31.3 Å². The van der Waals surface area contributed by atoms with Crippen LogP contribution >= 0.6 is 0 Å². The van der Waals surface area contributed by atoms with E-state index in [0.717, 1.165) is 12.1 Å². The van der Waals surface area contributed by atoms with Gasteiger partial charge >= 0.3 is 0 Å². The first-order valence-electron chi connectivity index (χ1n) is 7.75. The molecule has 6 heteroatoms. The van der Waals surface area contributed by atoms with Gasteiger partial charge in [-0.15, -0.1) is 0 Å². The van der Waals surface area contributed by atoms with Crippen LogP contribution in [0.1, 0.15) is 23.7 Å². The topological polar surface area (TPSA) is 85.6 Å². The number of hydrogen-bond acceptors (Lipinski definition) is 5. The molecule has 0 heterocycles. The lowest BCUT2D eigenvalue weighted by atomic mass is 10.1. The number of methoxy groups -OCH3 is 2. The third-order valence-corrected chi connectivity index (χ3v) is 3.53. The van der Waals surface area contributed by atoms with Crippen molar-refractivity contribution >= 4 is 23.0 Å². The Kier molecular flexibility index (Phi) is 5.89. The molecule has 0 aliphatic heterocycles. The molecule has 2 aromatic rings. The average molecular weight is 329 g/mol. The van der Waals surface area contributed by atoms with Gasteiger partial charge in [-0.3, -0.25) is 4.79 Å². The Bertz CT molecular complexity index is 717. The monoisotopic (exact) mass is 329 g/mol. The van der Waals surface area contributed by atoms with Gasteiger partial charge in [0.1, 0.15) is 11.5 Å². The van der Waals surface area contributed by atoms with Crippen LogP contribution in [0.2, 0.25) is 0 Å². The molecule has 0 aliphatic rings. The Hall–Kier alpha value is -2.89. The zero-order valence-corrected chi connectivity index (χ0v) is 14.2. The minimum absolute atomic E-state index is 0.130. The van der Waals surface area contributed by atoms with E-state index < -0.39 is 0 Å². The second kappa shape index (κ2) is 8.10. The fraction of sp³-hybridized carbons (Fsp3) is 0.278. The molecule has 0 radical (unpaired) electrons. The lowest BCUT2D eigenvalue weighted by Gasteiger charge is -2.15. The summed E-state index contributed by atoms with van der Waals surface area (Å²) in [4.78, 5) is 12.0. The standard InChI is InChI=1S/C18H23N3O3/c1-4-9-20-18(22)12-5-7-15(14(19)10-12)21-16-11-13(23-2)6-8-17(16)24-3/h5-8,10-11,21H,4,9,19H2,1-3H3,(H,20,22). The predicted molar refractivity (Wildman–Crippen MR) is 96.3 cm³/mol. The van der Waals surface area contributed by atoms with Crippen molar-refractivity contribution in [1.29, 1.82) is 0 Å². The molecule has 0 spiro atoms. The van der Waals surface area contributed by atoms with Crippen LogP contribution in [-0.4, -0.2) is 26.7 Å². The maximum atomic E-state index is 12.0. The Morgan fingerprint density at radius 2 is 1.88 bits per heavy atom. The number of carbonyl (C=O) groups is 1. The van der Waals surface area contributed by atoms with Gasteiger partial charge in [-0.1, -0.05) is 6.92 Å². The van der Waals surface area contributed by atoms with E-state index in [1.807, 2.05) is 25.1 Å². The van der Waals surface area contributed by atoms with E-state index >= 15 is 0 Å². The number of benzene rings is 2. The van der Waals surface area contributed by atoms with Gasteiger partial charge < -0.3 is 25.8 Å². The first-order valence-corrected chi connectivity index (χ1v) is 7.75. The molecule has 0 bridgehead atoms. The second-order valence-electron chi connectivity index (χ2n) is 5.25. The highest BCUT2D eigenvalue weighted by Crippen LogP contribution is 2.33. The van der Waals surface area contributed by atoms with E-state index in [1.54, 1.807) is 32.4 Å². The normalized spacial score (nSPS) is 10.1. The predicted octanol–water partition coefficient (Wildman–Crippen LogP) is 3.17. The lowest BCUT2D eigenvalue weighted by Crippen LogP contribution is -2.24. The Morgan fingerprint density at radius 1 is 1.08 bits per heavy atom. The van der Waals surface area contributed by atoms with Gasteiger partial charge in [0.15, 0.2) is 0 Å². The number of anilines is 3. The maximum Gasteiger partial charge on any atom is 0.251 e. The van der Waals surface area contributed by atoms with E-state index in [1.165, 1.54) is 0 Å². The van der Waals surface area contributed by atoms with Crippen molar-refractivity contribution in [3.8, 4) is 11.5 Å². The van der Waals surface area contributed by atoms with Crippen molar-refractivity contribution in [3.63, 3.8) is 0 Å². The summed E-state index contributed by atoms with van der Waals surface area (Å²) < 4.78 is 10.6. The lowest BCUT2D eigenvalue weighted by molar-refractivity contribution is 0.0953. The molecule has 0 saturated heterocycles. The van der Waals surface area contributed by atoms with Crippen LogP contribution in [-0.2, 0) is 0 Å². The molecule has 2 aromatic carbocycles. The maximum absolute atomic E-state index is 12.0. The molecular formula is C18H23N3O3. The highest BCUT2D eigenvalue weighted by molar-refractivity contribution is 5.96. The zero-order valence-electron chi connectivity index (χ0n) is 14.2. The molecule has 0 fully saturated rings. The van der Waals surface area contributed by atoms with Gasteiger partial charge in [0.2, 0.25) is 0 Å². The summed E-state index contributed by atoms with van der Waals surface area (Å²) in [5.41, 5.74) is 8.51. The van der Waals surface area contributed by atoms with E-state index in [9.17, 15) is 4.79 Å². The summed E-state index contributed by atoms with van der Waals surface area (Å²) in [6, 6.07) is 10.6. The largest absolute Gasteiger partial charge is 0.497 e. The molecule has 0 aliphatic carbocycles. The van der Waals surface area contributed by atoms with Crippen molar-refractivity contribution < 1.29 is 14.3 Å². The Labute approximate surface area is 142 Å². The molecule has 1 amide bonds. The summed E-state index contributed by atoms with van der Waals surface area (Å²) in [5, 5.41) is 6.04. The molecule has 0 atom stereocenters. The summed E-state index contributed by atoms with van der Waals surface area (Å²) in [5.74, 6) is 1.24. The molecule has 128 valence electrons. The number of amides is 1. The van der Waals surface area contributed by atoms with E-state index in [4.69, 9.17) is 15.2 Å². The molecule has 24 heavy (non-hydrogen) atoms. The molecule has 0 unspecified atom stereocenters. The van der Waals surface area contributed by atoms with Crippen molar-refractivity contribution in [3.05, 3.63) is 42.0 Å². The molecule has 0 saturated carbocycles.